The molecule has 2 heterocycles. The van der Waals surface area contributed by atoms with Crippen LogP contribution in [-0.2, 0) is 0 Å². The number of hydrogen-bond acceptors (Lipinski definition) is 5. The molecule has 1 aromatic heterocycles. The molecule has 1 atom stereocenters. The SMILES string of the molecule is Cc1cc(C)c(C#N)c(NC[C@@H]2CN(C)CCN2C)n1. The summed E-state index contributed by atoms with van der Waals surface area (Å²) in [4.78, 5) is 9.17. The summed E-state index contributed by atoms with van der Waals surface area (Å²) >= 11 is 0. The fourth-order valence-corrected chi connectivity index (χ4v) is 2.64. The summed E-state index contributed by atoms with van der Waals surface area (Å²) in [5.41, 5.74) is 2.58. The summed E-state index contributed by atoms with van der Waals surface area (Å²) in [6.45, 7) is 7.95. The van der Waals surface area contributed by atoms with Crippen molar-refractivity contribution < 1.29 is 0 Å². The first-order chi connectivity index (χ1) is 9.51. The van der Waals surface area contributed by atoms with Gasteiger partial charge in [0.2, 0.25) is 0 Å². The smallest absolute Gasteiger partial charge is 0.144 e. The van der Waals surface area contributed by atoms with Crippen molar-refractivity contribution in [2.24, 2.45) is 0 Å². The molecule has 0 radical (unpaired) electrons. The summed E-state index contributed by atoms with van der Waals surface area (Å²) in [5.74, 6) is 0.714. The van der Waals surface area contributed by atoms with Crippen LogP contribution in [0.5, 0.6) is 0 Å². The Balaban J connectivity index is 2.09. The van der Waals surface area contributed by atoms with E-state index in [-0.39, 0.29) is 0 Å². The highest BCUT2D eigenvalue weighted by atomic mass is 15.3. The number of rotatable bonds is 3. The Kier molecular flexibility index (Phi) is 4.58. The molecule has 0 unspecified atom stereocenters. The predicted molar refractivity (Wildman–Crippen MR) is 80.8 cm³/mol. The lowest BCUT2D eigenvalue weighted by Gasteiger charge is -2.37. The Bertz CT molecular complexity index is 520. The third-order valence-electron chi connectivity index (χ3n) is 3.94. The molecule has 0 aliphatic carbocycles. The summed E-state index contributed by atoms with van der Waals surface area (Å²) in [6, 6.07) is 4.65. The molecule has 108 valence electrons. The highest BCUT2D eigenvalue weighted by Gasteiger charge is 2.22. The van der Waals surface area contributed by atoms with E-state index in [1.54, 1.807) is 0 Å². The molecule has 0 bridgehead atoms. The van der Waals surface area contributed by atoms with Gasteiger partial charge >= 0.3 is 0 Å². The van der Waals surface area contributed by atoms with Crippen LogP contribution >= 0.6 is 0 Å². The number of likely N-dealkylation sites (N-methyl/N-ethyl adjacent to an activating group) is 2. The number of hydrogen-bond donors (Lipinski definition) is 1. The van der Waals surface area contributed by atoms with Gasteiger partial charge in [-0.25, -0.2) is 4.98 Å². The van der Waals surface area contributed by atoms with Gasteiger partial charge in [0, 0.05) is 37.9 Å². The van der Waals surface area contributed by atoms with Crippen molar-refractivity contribution in [1.29, 1.82) is 5.26 Å². The van der Waals surface area contributed by atoms with Crippen LogP contribution in [0.15, 0.2) is 6.07 Å². The minimum Gasteiger partial charge on any atom is -0.367 e. The first-order valence-corrected chi connectivity index (χ1v) is 7.02. The molecule has 1 fully saturated rings. The predicted octanol–water partition coefficient (Wildman–Crippen LogP) is 1.23. The first kappa shape index (κ1) is 14.8. The molecule has 2 rings (SSSR count). The summed E-state index contributed by atoms with van der Waals surface area (Å²) < 4.78 is 0. The Hall–Kier alpha value is -1.64. The van der Waals surface area contributed by atoms with Crippen molar-refractivity contribution in [2.45, 2.75) is 19.9 Å². The van der Waals surface area contributed by atoms with Gasteiger partial charge in [0.15, 0.2) is 0 Å². The number of pyridine rings is 1. The lowest BCUT2D eigenvalue weighted by molar-refractivity contribution is 0.122. The molecule has 0 saturated carbocycles. The highest BCUT2D eigenvalue weighted by molar-refractivity contribution is 5.56. The standard InChI is InChI=1S/C15H23N5/c1-11-7-12(2)18-15(14(11)8-16)17-9-13-10-19(3)5-6-20(13)4/h7,13H,5-6,9-10H2,1-4H3,(H,17,18)/t13-/m1/s1. The van der Waals surface area contributed by atoms with Crippen LogP contribution in [0.4, 0.5) is 5.82 Å². The monoisotopic (exact) mass is 273 g/mol. The van der Waals surface area contributed by atoms with E-state index in [0.717, 1.165) is 37.4 Å². The van der Waals surface area contributed by atoms with Gasteiger partial charge in [0.25, 0.3) is 0 Å². The molecule has 0 spiro atoms. The molecule has 20 heavy (non-hydrogen) atoms. The average molecular weight is 273 g/mol. The maximum atomic E-state index is 9.27. The average Bonchev–Trinajstić information content (AvgIpc) is 2.39. The summed E-state index contributed by atoms with van der Waals surface area (Å²) in [5, 5.41) is 12.6. The lowest BCUT2D eigenvalue weighted by atomic mass is 10.1. The van der Waals surface area contributed by atoms with Crippen LogP contribution in [0.25, 0.3) is 0 Å². The van der Waals surface area contributed by atoms with E-state index in [1.165, 1.54) is 0 Å². The normalized spacial score (nSPS) is 20.6. The molecular formula is C15H23N5. The Morgan fingerprint density at radius 1 is 1.40 bits per heavy atom. The van der Waals surface area contributed by atoms with Gasteiger partial charge < -0.3 is 10.2 Å². The number of nitrogens with one attached hydrogen (secondary N) is 1. The summed E-state index contributed by atoms with van der Waals surface area (Å²) in [7, 11) is 4.30. The largest absolute Gasteiger partial charge is 0.367 e. The van der Waals surface area contributed by atoms with Crippen LogP contribution < -0.4 is 5.32 Å². The van der Waals surface area contributed by atoms with Crippen LogP contribution in [-0.4, -0.2) is 61.1 Å². The van der Waals surface area contributed by atoms with E-state index in [4.69, 9.17) is 0 Å². The van der Waals surface area contributed by atoms with Crippen molar-refractivity contribution in [3.8, 4) is 6.07 Å². The third-order valence-corrected chi connectivity index (χ3v) is 3.94. The fraction of sp³-hybridized carbons (Fsp3) is 0.600. The van der Waals surface area contributed by atoms with Crippen molar-refractivity contribution in [2.75, 3.05) is 45.6 Å². The zero-order valence-corrected chi connectivity index (χ0v) is 12.8. The molecule has 1 aliphatic heterocycles. The maximum absolute atomic E-state index is 9.27. The first-order valence-electron chi connectivity index (χ1n) is 7.02. The van der Waals surface area contributed by atoms with Crippen molar-refractivity contribution in [3.63, 3.8) is 0 Å². The highest BCUT2D eigenvalue weighted by Crippen LogP contribution is 2.18. The van der Waals surface area contributed by atoms with E-state index in [0.29, 0.717) is 17.4 Å². The molecule has 1 saturated heterocycles. The van der Waals surface area contributed by atoms with E-state index >= 15 is 0 Å². The van der Waals surface area contributed by atoms with Gasteiger partial charge in [-0.2, -0.15) is 5.26 Å². The number of nitriles is 1. The second kappa shape index (κ2) is 6.21. The second-order valence-electron chi connectivity index (χ2n) is 5.69. The minimum atomic E-state index is 0.447. The lowest BCUT2D eigenvalue weighted by Crippen LogP contribution is -2.52. The summed E-state index contributed by atoms with van der Waals surface area (Å²) in [6.07, 6.45) is 0. The molecule has 5 heteroatoms. The van der Waals surface area contributed by atoms with Crippen molar-refractivity contribution in [1.82, 2.24) is 14.8 Å². The van der Waals surface area contributed by atoms with E-state index in [2.05, 4.69) is 40.3 Å². The van der Waals surface area contributed by atoms with Gasteiger partial charge in [-0.15, -0.1) is 0 Å². The molecule has 0 aromatic carbocycles. The maximum Gasteiger partial charge on any atom is 0.144 e. The van der Waals surface area contributed by atoms with E-state index in [9.17, 15) is 5.26 Å². The Labute approximate surface area is 121 Å². The molecular weight excluding hydrogens is 250 g/mol. The number of piperazine rings is 1. The van der Waals surface area contributed by atoms with Crippen LogP contribution in [0, 0.1) is 25.2 Å². The van der Waals surface area contributed by atoms with E-state index < -0.39 is 0 Å². The van der Waals surface area contributed by atoms with Gasteiger partial charge in [0.1, 0.15) is 11.9 Å². The van der Waals surface area contributed by atoms with Crippen molar-refractivity contribution in [3.05, 3.63) is 22.9 Å². The van der Waals surface area contributed by atoms with Crippen molar-refractivity contribution >= 4 is 5.82 Å². The molecule has 1 N–H and O–H groups in total. The van der Waals surface area contributed by atoms with Crippen LogP contribution in [0.1, 0.15) is 16.8 Å². The topological polar surface area (TPSA) is 55.2 Å². The number of anilines is 1. The quantitative estimate of drug-likeness (QED) is 0.897. The zero-order valence-electron chi connectivity index (χ0n) is 12.8. The number of aromatic nitrogens is 1. The Morgan fingerprint density at radius 2 is 2.15 bits per heavy atom. The van der Waals surface area contributed by atoms with E-state index in [1.807, 2.05) is 19.9 Å². The van der Waals surface area contributed by atoms with Crippen LogP contribution in [0.3, 0.4) is 0 Å². The number of nitrogens with zero attached hydrogens (tertiary/aromatic N) is 4. The van der Waals surface area contributed by atoms with Gasteiger partial charge in [-0.1, -0.05) is 0 Å². The van der Waals surface area contributed by atoms with Crippen LogP contribution in [0.2, 0.25) is 0 Å². The number of aryl methyl sites for hydroxylation is 2. The molecule has 5 nitrogen and oxygen atoms in total. The minimum absolute atomic E-state index is 0.447. The Morgan fingerprint density at radius 3 is 2.85 bits per heavy atom. The van der Waals surface area contributed by atoms with Gasteiger partial charge in [-0.3, -0.25) is 4.90 Å². The zero-order chi connectivity index (χ0) is 14.7. The molecule has 1 aliphatic rings. The molecule has 1 aromatic rings. The second-order valence-corrected chi connectivity index (χ2v) is 5.69. The van der Waals surface area contributed by atoms with Gasteiger partial charge in [-0.05, 0) is 39.6 Å². The fourth-order valence-electron chi connectivity index (χ4n) is 2.64. The third kappa shape index (κ3) is 3.27. The van der Waals surface area contributed by atoms with Gasteiger partial charge in [0.05, 0.1) is 5.56 Å². The molecule has 0 amide bonds.